The number of ether oxygens (including phenoxy) is 1. The van der Waals surface area contributed by atoms with Crippen LogP contribution in [0.15, 0.2) is 6.20 Å². The highest BCUT2D eigenvalue weighted by Crippen LogP contribution is 2.05. The summed E-state index contributed by atoms with van der Waals surface area (Å²) in [6.45, 7) is 1.72. The molecule has 0 bridgehead atoms. The summed E-state index contributed by atoms with van der Waals surface area (Å²) in [5.41, 5.74) is -1.18. The van der Waals surface area contributed by atoms with Crippen LogP contribution in [0.2, 0.25) is 0 Å². The minimum Gasteiger partial charge on any atom is -0.473 e. The fourth-order valence-electron chi connectivity index (χ4n) is 1.02. The SMILES string of the molecule is CC(O)(CO)CNCC(O)COc1cnsn1. The van der Waals surface area contributed by atoms with Gasteiger partial charge in [0, 0.05) is 13.1 Å². The molecule has 0 spiro atoms. The van der Waals surface area contributed by atoms with Gasteiger partial charge in [-0.1, -0.05) is 0 Å². The van der Waals surface area contributed by atoms with Crippen molar-refractivity contribution in [3.8, 4) is 5.88 Å². The van der Waals surface area contributed by atoms with Crippen LogP contribution >= 0.6 is 11.7 Å². The Morgan fingerprint density at radius 2 is 2.41 bits per heavy atom. The van der Waals surface area contributed by atoms with Crippen molar-refractivity contribution in [2.24, 2.45) is 0 Å². The number of nitrogens with one attached hydrogen (secondary N) is 1. The van der Waals surface area contributed by atoms with Gasteiger partial charge in [0.25, 0.3) is 0 Å². The average molecular weight is 263 g/mol. The zero-order valence-corrected chi connectivity index (χ0v) is 10.4. The molecule has 0 radical (unpaired) electrons. The van der Waals surface area contributed by atoms with Crippen LogP contribution in [-0.2, 0) is 0 Å². The maximum Gasteiger partial charge on any atom is 0.245 e. The third-order valence-corrected chi connectivity index (χ3v) is 2.45. The number of nitrogens with zero attached hydrogens (tertiary/aromatic N) is 2. The molecule has 17 heavy (non-hydrogen) atoms. The summed E-state index contributed by atoms with van der Waals surface area (Å²) >= 11 is 1.03. The van der Waals surface area contributed by atoms with E-state index >= 15 is 0 Å². The van der Waals surface area contributed by atoms with E-state index in [1.54, 1.807) is 0 Å². The van der Waals surface area contributed by atoms with Gasteiger partial charge >= 0.3 is 0 Å². The van der Waals surface area contributed by atoms with Crippen molar-refractivity contribution in [1.29, 1.82) is 0 Å². The van der Waals surface area contributed by atoms with Crippen LogP contribution in [0.5, 0.6) is 5.88 Å². The molecule has 0 saturated carbocycles. The van der Waals surface area contributed by atoms with E-state index in [4.69, 9.17) is 9.84 Å². The Labute approximate surface area is 103 Å². The Bertz CT molecular complexity index is 307. The molecule has 0 amide bonds. The Balaban J connectivity index is 2.11. The predicted molar refractivity (Wildman–Crippen MR) is 62.0 cm³/mol. The van der Waals surface area contributed by atoms with Crippen molar-refractivity contribution in [1.82, 2.24) is 14.1 Å². The van der Waals surface area contributed by atoms with E-state index in [2.05, 4.69) is 14.1 Å². The number of aliphatic hydroxyl groups is 3. The number of rotatable bonds is 8. The van der Waals surface area contributed by atoms with Crippen LogP contribution in [0.25, 0.3) is 0 Å². The Kier molecular flexibility index (Phi) is 5.72. The lowest BCUT2D eigenvalue weighted by Gasteiger charge is -2.21. The molecule has 0 aromatic carbocycles. The molecule has 0 aliphatic carbocycles. The summed E-state index contributed by atoms with van der Waals surface area (Å²) in [5, 5.41) is 30.6. The normalized spacial score (nSPS) is 16.5. The maximum absolute atomic E-state index is 9.54. The van der Waals surface area contributed by atoms with Crippen LogP contribution in [0.1, 0.15) is 6.92 Å². The highest BCUT2D eigenvalue weighted by Gasteiger charge is 2.18. The first kappa shape index (κ1) is 14.3. The minimum atomic E-state index is -1.18. The van der Waals surface area contributed by atoms with Crippen LogP contribution in [0.3, 0.4) is 0 Å². The van der Waals surface area contributed by atoms with Gasteiger partial charge in [0.15, 0.2) is 0 Å². The quantitative estimate of drug-likeness (QED) is 0.457. The van der Waals surface area contributed by atoms with Crippen molar-refractivity contribution >= 4 is 11.7 Å². The van der Waals surface area contributed by atoms with Gasteiger partial charge in [0.05, 0.1) is 23.9 Å². The van der Waals surface area contributed by atoms with E-state index < -0.39 is 11.7 Å². The molecule has 98 valence electrons. The number of hydrogen-bond donors (Lipinski definition) is 4. The second-order valence-electron chi connectivity index (χ2n) is 4.00. The molecular weight excluding hydrogens is 246 g/mol. The lowest BCUT2D eigenvalue weighted by atomic mass is 10.1. The highest BCUT2D eigenvalue weighted by atomic mass is 32.1. The first-order valence-electron chi connectivity index (χ1n) is 5.16. The molecule has 4 N–H and O–H groups in total. The molecule has 1 heterocycles. The highest BCUT2D eigenvalue weighted by molar-refractivity contribution is 6.99. The van der Waals surface area contributed by atoms with Gasteiger partial charge in [-0.3, -0.25) is 0 Å². The van der Waals surface area contributed by atoms with E-state index in [9.17, 15) is 10.2 Å². The Hall–Kier alpha value is -0.800. The molecular formula is C9H17N3O4S. The summed E-state index contributed by atoms with van der Waals surface area (Å²) in [6.07, 6.45) is 0.757. The standard InChI is InChI=1S/C9H17N3O4S/c1-9(15,6-13)5-10-2-7(14)4-16-8-3-11-17-12-8/h3,7,10,13-15H,2,4-6H2,1H3. The van der Waals surface area contributed by atoms with E-state index in [1.165, 1.54) is 13.1 Å². The number of hydrogen-bond acceptors (Lipinski definition) is 8. The van der Waals surface area contributed by atoms with Crippen molar-refractivity contribution in [2.45, 2.75) is 18.6 Å². The molecule has 0 saturated heterocycles. The first-order valence-corrected chi connectivity index (χ1v) is 5.89. The van der Waals surface area contributed by atoms with E-state index in [-0.39, 0.29) is 26.3 Å². The molecule has 7 nitrogen and oxygen atoms in total. The summed E-state index contributed by atoms with van der Waals surface area (Å²) in [4.78, 5) is 0. The van der Waals surface area contributed by atoms with Gasteiger partial charge in [0.1, 0.15) is 18.9 Å². The fraction of sp³-hybridized carbons (Fsp3) is 0.778. The van der Waals surface area contributed by atoms with Gasteiger partial charge in [-0.2, -0.15) is 4.37 Å². The monoisotopic (exact) mass is 263 g/mol. The van der Waals surface area contributed by atoms with Crippen LogP contribution in [0.4, 0.5) is 0 Å². The van der Waals surface area contributed by atoms with E-state index in [1.807, 2.05) is 0 Å². The summed E-state index contributed by atoms with van der Waals surface area (Å²) in [7, 11) is 0. The molecule has 1 aromatic heterocycles. The summed E-state index contributed by atoms with van der Waals surface area (Å²) in [6, 6.07) is 0. The molecule has 2 unspecified atom stereocenters. The van der Waals surface area contributed by atoms with Gasteiger partial charge in [-0.05, 0) is 6.92 Å². The smallest absolute Gasteiger partial charge is 0.245 e. The molecule has 0 fully saturated rings. The van der Waals surface area contributed by atoms with Crippen molar-refractivity contribution < 1.29 is 20.1 Å². The third kappa shape index (κ3) is 5.89. The fourth-order valence-corrected chi connectivity index (χ4v) is 1.39. The number of aromatic nitrogens is 2. The van der Waals surface area contributed by atoms with Gasteiger partial charge < -0.3 is 25.4 Å². The van der Waals surface area contributed by atoms with Crippen molar-refractivity contribution in [3.63, 3.8) is 0 Å². The molecule has 8 heteroatoms. The Morgan fingerprint density at radius 3 is 3.00 bits per heavy atom. The van der Waals surface area contributed by atoms with E-state index in [0.29, 0.717) is 5.88 Å². The average Bonchev–Trinajstić information content (AvgIpc) is 2.79. The predicted octanol–water partition coefficient (Wildman–Crippen LogP) is -1.39. The van der Waals surface area contributed by atoms with Crippen molar-refractivity contribution in [2.75, 3.05) is 26.3 Å². The van der Waals surface area contributed by atoms with Crippen molar-refractivity contribution in [3.05, 3.63) is 6.20 Å². The second-order valence-corrected chi connectivity index (χ2v) is 4.55. The van der Waals surface area contributed by atoms with Gasteiger partial charge in [-0.25, -0.2) is 0 Å². The lowest BCUT2D eigenvalue weighted by molar-refractivity contribution is -0.000369. The second kappa shape index (κ2) is 6.82. The zero-order chi connectivity index (χ0) is 12.7. The first-order chi connectivity index (χ1) is 8.03. The topological polar surface area (TPSA) is 108 Å². The van der Waals surface area contributed by atoms with Crippen LogP contribution in [-0.4, -0.2) is 62.1 Å². The summed E-state index contributed by atoms with van der Waals surface area (Å²) in [5.74, 6) is 0.386. The van der Waals surface area contributed by atoms with Crippen LogP contribution in [0, 0.1) is 0 Å². The molecule has 0 aliphatic rings. The van der Waals surface area contributed by atoms with Crippen LogP contribution < -0.4 is 10.1 Å². The van der Waals surface area contributed by atoms with Gasteiger partial charge in [0.2, 0.25) is 5.88 Å². The molecule has 1 aromatic rings. The number of aliphatic hydroxyl groups excluding tert-OH is 2. The maximum atomic E-state index is 9.54. The van der Waals surface area contributed by atoms with E-state index in [0.717, 1.165) is 11.7 Å². The molecule has 1 rings (SSSR count). The third-order valence-electron chi connectivity index (χ3n) is 1.99. The molecule has 0 aliphatic heterocycles. The lowest BCUT2D eigenvalue weighted by Crippen LogP contribution is -2.44. The van der Waals surface area contributed by atoms with Gasteiger partial charge in [-0.15, -0.1) is 4.37 Å². The Morgan fingerprint density at radius 1 is 1.65 bits per heavy atom. The molecule has 2 atom stereocenters. The minimum absolute atomic E-state index is 0.0969. The zero-order valence-electron chi connectivity index (χ0n) is 9.54. The largest absolute Gasteiger partial charge is 0.473 e. The summed E-state index contributed by atoms with van der Waals surface area (Å²) < 4.78 is 12.7.